The van der Waals surface area contributed by atoms with E-state index in [1.54, 1.807) is 0 Å². The van der Waals surface area contributed by atoms with Crippen LogP contribution in [0.25, 0.3) is 0 Å². The quantitative estimate of drug-likeness (QED) is 0.750. The summed E-state index contributed by atoms with van der Waals surface area (Å²) >= 11 is 1.96. The molecule has 0 aromatic heterocycles. The van der Waals surface area contributed by atoms with Gasteiger partial charge >= 0.3 is 0 Å². The van der Waals surface area contributed by atoms with E-state index in [9.17, 15) is 4.79 Å². The number of carbonyl (C=O) groups excluding carboxylic acids is 1. The van der Waals surface area contributed by atoms with Gasteiger partial charge < -0.3 is 4.90 Å². The summed E-state index contributed by atoms with van der Waals surface area (Å²) in [6.45, 7) is 0.592. The average Bonchev–Trinajstić information content (AvgIpc) is 3.05. The van der Waals surface area contributed by atoms with Gasteiger partial charge in [-0.1, -0.05) is 6.42 Å². The van der Waals surface area contributed by atoms with Crippen molar-refractivity contribution < 1.29 is 4.79 Å². The molecule has 0 aromatic rings. The maximum atomic E-state index is 12.1. The van der Waals surface area contributed by atoms with Crippen molar-refractivity contribution in [3.05, 3.63) is 0 Å². The maximum Gasteiger partial charge on any atom is 0.236 e. The van der Waals surface area contributed by atoms with Crippen LogP contribution in [0, 0.1) is 0 Å². The molecule has 0 aliphatic heterocycles. The standard InChI is InChI=1S/C13H24N2OS/c1-14(11-5-4-6-12(11)17-3)9-13(16)15(2)10-7-8-10/h10-12H,4-9H2,1-3H3/t11-,12+/m1/s1. The molecule has 0 aromatic carbocycles. The van der Waals surface area contributed by atoms with E-state index in [-0.39, 0.29) is 0 Å². The number of hydrogen-bond acceptors (Lipinski definition) is 3. The van der Waals surface area contributed by atoms with Crippen molar-refractivity contribution in [1.29, 1.82) is 0 Å². The van der Waals surface area contributed by atoms with Crippen LogP contribution in [0.1, 0.15) is 32.1 Å². The Bertz CT molecular complexity index is 281. The predicted octanol–water partition coefficient (Wildman–Crippen LogP) is 1.82. The third-order valence-electron chi connectivity index (χ3n) is 4.16. The van der Waals surface area contributed by atoms with Gasteiger partial charge in [0.15, 0.2) is 0 Å². The van der Waals surface area contributed by atoms with Crippen LogP contribution >= 0.6 is 11.8 Å². The zero-order chi connectivity index (χ0) is 12.4. The highest BCUT2D eigenvalue weighted by molar-refractivity contribution is 7.99. The highest BCUT2D eigenvalue weighted by atomic mass is 32.2. The Kier molecular flexibility index (Phi) is 4.36. The molecule has 0 spiro atoms. The molecule has 0 N–H and O–H groups in total. The first-order valence-corrected chi connectivity index (χ1v) is 7.91. The number of nitrogens with zero attached hydrogens (tertiary/aromatic N) is 2. The summed E-state index contributed by atoms with van der Waals surface area (Å²) in [4.78, 5) is 16.3. The number of likely N-dealkylation sites (N-methyl/N-ethyl adjacent to an activating group) is 2. The number of hydrogen-bond donors (Lipinski definition) is 0. The number of carbonyl (C=O) groups is 1. The van der Waals surface area contributed by atoms with Crippen molar-refractivity contribution in [3.8, 4) is 0 Å². The van der Waals surface area contributed by atoms with Gasteiger partial charge in [-0.2, -0.15) is 11.8 Å². The van der Waals surface area contributed by atoms with E-state index in [0.717, 1.165) is 5.25 Å². The summed E-state index contributed by atoms with van der Waals surface area (Å²) in [7, 11) is 4.06. The number of amides is 1. The van der Waals surface area contributed by atoms with Crippen molar-refractivity contribution in [3.63, 3.8) is 0 Å². The monoisotopic (exact) mass is 256 g/mol. The minimum absolute atomic E-state index is 0.293. The molecule has 2 fully saturated rings. The van der Waals surface area contributed by atoms with Gasteiger partial charge in [-0.05, 0) is 39.0 Å². The van der Waals surface area contributed by atoms with Gasteiger partial charge in [0.25, 0.3) is 0 Å². The lowest BCUT2D eigenvalue weighted by Crippen LogP contribution is -2.44. The van der Waals surface area contributed by atoms with E-state index in [2.05, 4.69) is 18.2 Å². The molecule has 2 aliphatic rings. The van der Waals surface area contributed by atoms with Crippen LogP contribution in [0.4, 0.5) is 0 Å². The van der Waals surface area contributed by atoms with Gasteiger partial charge in [-0.15, -0.1) is 0 Å². The van der Waals surface area contributed by atoms with E-state index in [0.29, 0.717) is 24.5 Å². The van der Waals surface area contributed by atoms with Crippen molar-refractivity contribution in [2.75, 3.05) is 26.9 Å². The second-order valence-electron chi connectivity index (χ2n) is 5.42. The molecule has 2 aliphatic carbocycles. The van der Waals surface area contributed by atoms with Crippen molar-refractivity contribution in [1.82, 2.24) is 9.80 Å². The first-order valence-electron chi connectivity index (χ1n) is 6.62. The maximum absolute atomic E-state index is 12.1. The minimum Gasteiger partial charge on any atom is -0.342 e. The van der Waals surface area contributed by atoms with Gasteiger partial charge in [0.1, 0.15) is 0 Å². The molecule has 98 valence electrons. The molecule has 4 heteroatoms. The normalized spacial score (nSPS) is 28.7. The predicted molar refractivity (Wildman–Crippen MR) is 73.4 cm³/mol. The zero-order valence-corrected chi connectivity index (χ0v) is 12.0. The van der Waals surface area contributed by atoms with E-state index in [1.165, 1.54) is 32.1 Å². The summed E-state index contributed by atoms with van der Waals surface area (Å²) in [6, 6.07) is 1.14. The Morgan fingerprint density at radius 2 is 1.94 bits per heavy atom. The third-order valence-corrected chi connectivity index (χ3v) is 5.31. The summed E-state index contributed by atoms with van der Waals surface area (Å²) < 4.78 is 0. The molecular formula is C13H24N2OS. The molecule has 17 heavy (non-hydrogen) atoms. The first-order chi connectivity index (χ1) is 8.13. The molecule has 0 unspecified atom stereocenters. The Morgan fingerprint density at radius 3 is 2.53 bits per heavy atom. The van der Waals surface area contributed by atoms with Gasteiger partial charge in [0, 0.05) is 24.4 Å². The summed E-state index contributed by atoms with van der Waals surface area (Å²) in [5.74, 6) is 0.293. The fourth-order valence-electron chi connectivity index (χ4n) is 2.79. The molecule has 2 atom stereocenters. The fraction of sp³-hybridized carbons (Fsp3) is 0.923. The van der Waals surface area contributed by atoms with Crippen molar-refractivity contribution in [2.24, 2.45) is 0 Å². The molecule has 3 nitrogen and oxygen atoms in total. The van der Waals surface area contributed by atoms with Crippen molar-refractivity contribution in [2.45, 2.75) is 49.4 Å². The number of rotatable bonds is 5. The summed E-state index contributed by atoms with van der Waals surface area (Å²) in [5.41, 5.74) is 0. The second kappa shape index (κ2) is 5.61. The molecule has 0 saturated heterocycles. The van der Waals surface area contributed by atoms with Gasteiger partial charge in [0.2, 0.25) is 5.91 Å². The zero-order valence-electron chi connectivity index (χ0n) is 11.2. The van der Waals surface area contributed by atoms with Gasteiger partial charge in [-0.3, -0.25) is 9.69 Å². The van der Waals surface area contributed by atoms with Crippen LogP contribution in [-0.4, -0.2) is 59.9 Å². The molecule has 0 heterocycles. The Morgan fingerprint density at radius 1 is 1.24 bits per heavy atom. The molecule has 0 radical (unpaired) electrons. The Hall–Kier alpha value is -0.220. The van der Waals surface area contributed by atoms with Gasteiger partial charge in [-0.25, -0.2) is 0 Å². The lowest BCUT2D eigenvalue weighted by atomic mass is 10.2. The highest BCUT2D eigenvalue weighted by Gasteiger charge is 2.33. The van der Waals surface area contributed by atoms with Crippen LogP contribution in [0.15, 0.2) is 0 Å². The topological polar surface area (TPSA) is 23.6 Å². The van der Waals surface area contributed by atoms with E-state index in [4.69, 9.17) is 0 Å². The van der Waals surface area contributed by atoms with E-state index >= 15 is 0 Å². The van der Waals surface area contributed by atoms with Crippen LogP contribution in [0.3, 0.4) is 0 Å². The Balaban J connectivity index is 1.83. The lowest BCUT2D eigenvalue weighted by molar-refractivity contribution is -0.131. The fourth-order valence-corrected chi connectivity index (χ4v) is 3.85. The molecule has 2 rings (SSSR count). The minimum atomic E-state index is 0.293. The molecule has 2 saturated carbocycles. The van der Waals surface area contributed by atoms with E-state index in [1.807, 2.05) is 23.7 Å². The summed E-state index contributed by atoms with van der Waals surface area (Å²) in [5, 5.41) is 0.721. The van der Waals surface area contributed by atoms with Gasteiger partial charge in [0.05, 0.1) is 6.54 Å². The molecule has 0 bridgehead atoms. The van der Waals surface area contributed by atoms with E-state index < -0.39 is 0 Å². The lowest BCUT2D eigenvalue weighted by Gasteiger charge is -2.29. The van der Waals surface area contributed by atoms with Crippen LogP contribution in [-0.2, 0) is 4.79 Å². The molecular weight excluding hydrogens is 232 g/mol. The highest BCUT2D eigenvalue weighted by Crippen LogP contribution is 2.32. The smallest absolute Gasteiger partial charge is 0.236 e. The SMILES string of the molecule is CS[C@H]1CCC[C@H]1N(C)CC(=O)N(C)C1CC1. The summed E-state index contributed by atoms with van der Waals surface area (Å²) in [6.07, 6.45) is 8.46. The average molecular weight is 256 g/mol. The van der Waals surface area contributed by atoms with Crippen LogP contribution < -0.4 is 0 Å². The molecule has 1 amide bonds. The first kappa shape index (κ1) is 13.2. The second-order valence-corrected chi connectivity index (χ2v) is 6.50. The van der Waals surface area contributed by atoms with Crippen LogP contribution in [0.2, 0.25) is 0 Å². The Labute approximate surface area is 109 Å². The largest absolute Gasteiger partial charge is 0.342 e. The number of thioether (sulfide) groups is 1. The third kappa shape index (κ3) is 3.16. The van der Waals surface area contributed by atoms with Crippen molar-refractivity contribution >= 4 is 17.7 Å². The van der Waals surface area contributed by atoms with Crippen LogP contribution in [0.5, 0.6) is 0 Å².